The smallest absolute Gasteiger partial charge is 0.128 e. The molecule has 1 aromatic rings. The lowest BCUT2D eigenvalue weighted by Gasteiger charge is -2.30. The summed E-state index contributed by atoms with van der Waals surface area (Å²) >= 11 is 0. The molecule has 3 heterocycles. The van der Waals surface area contributed by atoms with Gasteiger partial charge in [-0.2, -0.15) is 0 Å². The van der Waals surface area contributed by atoms with E-state index in [2.05, 4.69) is 26.9 Å². The monoisotopic (exact) mass is 249 g/mol. The van der Waals surface area contributed by atoms with Gasteiger partial charge in [0, 0.05) is 26.2 Å². The van der Waals surface area contributed by atoms with Crippen LogP contribution in [0.2, 0.25) is 0 Å². The fourth-order valence-electron chi connectivity index (χ4n) is 2.37. The second kappa shape index (κ2) is 5.54. The Morgan fingerprint density at radius 3 is 2.00 bits per heavy atom. The third-order valence-corrected chi connectivity index (χ3v) is 3.44. The third kappa shape index (κ3) is 2.57. The highest BCUT2D eigenvalue weighted by molar-refractivity contribution is 5.50. The van der Waals surface area contributed by atoms with Crippen molar-refractivity contribution in [3.05, 3.63) is 18.3 Å². The second-order valence-corrected chi connectivity index (χ2v) is 4.57. The van der Waals surface area contributed by atoms with E-state index in [0.717, 1.165) is 58.4 Å². The van der Waals surface area contributed by atoms with Crippen molar-refractivity contribution in [1.82, 2.24) is 4.98 Å². The molecule has 0 amide bonds. The van der Waals surface area contributed by atoms with E-state index >= 15 is 0 Å². The maximum absolute atomic E-state index is 5.36. The molecule has 5 nitrogen and oxygen atoms in total. The maximum Gasteiger partial charge on any atom is 0.128 e. The molecule has 2 aliphatic rings. The molecule has 98 valence electrons. The molecule has 0 unspecified atom stereocenters. The topological polar surface area (TPSA) is 37.8 Å². The van der Waals surface area contributed by atoms with E-state index in [0.29, 0.717) is 0 Å². The quantitative estimate of drug-likeness (QED) is 0.773. The molecule has 2 aliphatic heterocycles. The first kappa shape index (κ1) is 11.7. The summed E-state index contributed by atoms with van der Waals surface area (Å²) in [6.45, 7) is 7.00. The molecule has 0 bridgehead atoms. The number of hydrogen-bond donors (Lipinski definition) is 0. The summed E-state index contributed by atoms with van der Waals surface area (Å²) in [6, 6.07) is 4.26. The fourth-order valence-corrected chi connectivity index (χ4v) is 2.37. The number of nitrogens with zero attached hydrogens (tertiary/aromatic N) is 3. The fraction of sp³-hybridized carbons (Fsp3) is 0.615. The Morgan fingerprint density at radius 2 is 1.44 bits per heavy atom. The summed E-state index contributed by atoms with van der Waals surface area (Å²) in [5.41, 5.74) is 1.19. The molecule has 0 aliphatic carbocycles. The summed E-state index contributed by atoms with van der Waals surface area (Å²) in [5.74, 6) is 1.05. The van der Waals surface area contributed by atoms with Gasteiger partial charge in [-0.1, -0.05) is 0 Å². The van der Waals surface area contributed by atoms with E-state index in [1.54, 1.807) is 0 Å². The molecule has 2 fully saturated rings. The van der Waals surface area contributed by atoms with E-state index in [4.69, 9.17) is 9.47 Å². The van der Waals surface area contributed by atoms with Crippen LogP contribution in [0.25, 0.3) is 0 Å². The minimum atomic E-state index is 0.799. The van der Waals surface area contributed by atoms with Crippen molar-refractivity contribution in [3.8, 4) is 0 Å². The van der Waals surface area contributed by atoms with Crippen LogP contribution in [0, 0.1) is 0 Å². The minimum Gasteiger partial charge on any atom is -0.378 e. The molecular formula is C13H19N3O2. The number of anilines is 2. The van der Waals surface area contributed by atoms with Crippen LogP contribution in [0.5, 0.6) is 0 Å². The van der Waals surface area contributed by atoms with Gasteiger partial charge in [-0.3, -0.25) is 0 Å². The van der Waals surface area contributed by atoms with Crippen molar-refractivity contribution < 1.29 is 9.47 Å². The molecule has 0 saturated carbocycles. The Hall–Kier alpha value is -1.33. The Labute approximate surface area is 107 Å². The van der Waals surface area contributed by atoms with Crippen molar-refractivity contribution >= 4 is 11.5 Å². The van der Waals surface area contributed by atoms with Crippen molar-refractivity contribution in [2.45, 2.75) is 0 Å². The van der Waals surface area contributed by atoms with E-state index in [-0.39, 0.29) is 0 Å². The molecule has 0 spiro atoms. The summed E-state index contributed by atoms with van der Waals surface area (Å²) in [5, 5.41) is 0. The SMILES string of the molecule is c1cc(N2CCOCC2)ncc1N1CCOCC1. The van der Waals surface area contributed by atoms with Crippen LogP contribution in [0.3, 0.4) is 0 Å². The van der Waals surface area contributed by atoms with Crippen LogP contribution in [-0.4, -0.2) is 57.6 Å². The average molecular weight is 249 g/mol. The molecule has 0 aromatic carbocycles. The van der Waals surface area contributed by atoms with Gasteiger partial charge < -0.3 is 19.3 Å². The van der Waals surface area contributed by atoms with Crippen LogP contribution < -0.4 is 9.80 Å². The zero-order valence-corrected chi connectivity index (χ0v) is 10.5. The van der Waals surface area contributed by atoms with Crippen LogP contribution in [0.1, 0.15) is 0 Å². The van der Waals surface area contributed by atoms with E-state index in [1.165, 1.54) is 5.69 Å². The number of hydrogen-bond acceptors (Lipinski definition) is 5. The van der Waals surface area contributed by atoms with Gasteiger partial charge in [-0.05, 0) is 12.1 Å². The van der Waals surface area contributed by atoms with Gasteiger partial charge in [-0.15, -0.1) is 0 Å². The molecule has 2 saturated heterocycles. The normalized spacial score (nSPS) is 21.1. The largest absolute Gasteiger partial charge is 0.378 e. The van der Waals surface area contributed by atoms with Crippen LogP contribution in [0.4, 0.5) is 11.5 Å². The number of rotatable bonds is 2. The molecule has 1 aromatic heterocycles. The predicted octanol–water partition coefficient (Wildman–Crippen LogP) is 0.755. The highest BCUT2D eigenvalue weighted by Gasteiger charge is 2.14. The maximum atomic E-state index is 5.36. The van der Waals surface area contributed by atoms with Gasteiger partial charge >= 0.3 is 0 Å². The average Bonchev–Trinajstić information content (AvgIpc) is 2.49. The Balaban J connectivity index is 1.67. The minimum absolute atomic E-state index is 0.799. The lowest BCUT2D eigenvalue weighted by atomic mass is 10.3. The lowest BCUT2D eigenvalue weighted by molar-refractivity contribution is 0.122. The van der Waals surface area contributed by atoms with Crippen LogP contribution in [-0.2, 0) is 9.47 Å². The standard InChI is InChI=1S/C13H19N3O2/c1-2-13(16-5-9-18-10-6-16)14-11-12(1)15-3-7-17-8-4-15/h1-2,11H,3-10H2. The van der Waals surface area contributed by atoms with Crippen molar-refractivity contribution in [1.29, 1.82) is 0 Å². The Morgan fingerprint density at radius 1 is 0.833 bits per heavy atom. The zero-order valence-electron chi connectivity index (χ0n) is 10.5. The number of pyridine rings is 1. The van der Waals surface area contributed by atoms with Crippen LogP contribution in [0.15, 0.2) is 18.3 Å². The first-order valence-electron chi connectivity index (χ1n) is 6.55. The number of ether oxygens (including phenoxy) is 2. The van der Waals surface area contributed by atoms with Gasteiger partial charge in [0.15, 0.2) is 0 Å². The summed E-state index contributed by atoms with van der Waals surface area (Å²) < 4.78 is 10.7. The molecular weight excluding hydrogens is 230 g/mol. The van der Waals surface area contributed by atoms with Gasteiger partial charge in [0.2, 0.25) is 0 Å². The van der Waals surface area contributed by atoms with Gasteiger partial charge in [0.1, 0.15) is 5.82 Å². The van der Waals surface area contributed by atoms with Gasteiger partial charge in [0.25, 0.3) is 0 Å². The van der Waals surface area contributed by atoms with Crippen LogP contribution >= 0.6 is 0 Å². The van der Waals surface area contributed by atoms with Crippen molar-refractivity contribution in [2.75, 3.05) is 62.4 Å². The van der Waals surface area contributed by atoms with E-state index in [1.807, 2.05) is 6.20 Å². The van der Waals surface area contributed by atoms with E-state index in [9.17, 15) is 0 Å². The Bertz CT molecular complexity index is 333. The predicted molar refractivity (Wildman–Crippen MR) is 70.3 cm³/mol. The van der Waals surface area contributed by atoms with Crippen molar-refractivity contribution in [2.24, 2.45) is 0 Å². The first-order chi connectivity index (χ1) is 8.93. The molecule has 3 rings (SSSR count). The second-order valence-electron chi connectivity index (χ2n) is 4.57. The number of morpholine rings is 2. The molecule has 18 heavy (non-hydrogen) atoms. The third-order valence-electron chi connectivity index (χ3n) is 3.44. The van der Waals surface area contributed by atoms with Gasteiger partial charge in [0.05, 0.1) is 38.3 Å². The summed E-state index contributed by atoms with van der Waals surface area (Å²) in [7, 11) is 0. The summed E-state index contributed by atoms with van der Waals surface area (Å²) in [4.78, 5) is 9.15. The van der Waals surface area contributed by atoms with E-state index < -0.39 is 0 Å². The lowest BCUT2D eigenvalue weighted by Crippen LogP contribution is -2.37. The Kier molecular flexibility index (Phi) is 3.61. The highest BCUT2D eigenvalue weighted by atomic mass is 16.5. The number of aromatic nitrogens is 1. The molecule has 0 atom stereocenters. The molecule has 0 radical (unpaired) electrons. The first-order valence-corrected chi connectivity index (χ1v) is 6.55. The highest BCUT2D eigenvalue weighted by Crippen LogP contribution is 2.19. The summed E-state index contributed by atoms with van der Waals surface area (Å²) in [6.07, 6.45) is 1.97. The zero-order chi connectivity index (χ0) is 12.2. The molecule has 0 N–H and O–H groups in total. The molecule has 5 heteroatoms. The van der Waals surface area contributed by atoms with Crippen molar-refractivity contribution in [3.63, 3.8) is 0 Å². The van der Waals surface area contributed by atoms with Gasteiger partial charge in [-0.25, -0.2) is 4.98 Å².